The van der Waals surface area contributed by atoms with Crippen molar-refractivity contribution in [3.8, 4) is 6.07 Å². The third-order valence-electron chi connectivity index (χ3n) is 2.40. The van der Waals surface area contributed by atoms with Gasteiger partial charge in [-0.1, -0.05) is 24.3 Å². The highest BCUT2D eigenvalue weighted by molar-refractivity contribution is 5.91. The van der Waals surface area contributed by atoms with E-state index < -0.39 is 0 Å². The quantitative estimate of drug-likeness (QED) is 0.574. The Kier molecular flexibility index (Phi) is 4.07. The summed E-state index contributed by atoms with van der Waals surface area (Å²) in [5.41, 5.74) is 2.98. The third-order valence-corrected chi connectivity index (χ3v) is 2.40. The number of nitriles is 1. The molecule has 3 nitrogen and oxygen atoms in total. The second kappa shape index (κ2) is 5.32. The molecule has 1 aromatic carbocycles. The van der Waals surface area contributed by atoms with Gasteiger partial charge in [0, 0.05) is 14.1 Å². The smallest absolute Gasteiger partial charge is 0.111 e. The first kappa shape index (κ1) is 12.3. The Bertz CT molecular complexity index is 427. The molecule has 0 radical (unpaired) electrons. The van der Waals surface area contributed by atoms with Crippen molar-refractivity contribution in [1.82, 2.24) is 5.01 Å². The molecular formula is C13H17N3. The normalized spacial score (nSPS) is 13.1. The van der Waals surface area contributed by atoms with Gasteiger partial charge in [-0.3, -0.25) is 0 Å². The van der Waals surface area contributed by atoms with Gasteiger partial charge in [0.2, 0.25) is 0 Å². The summed E-state index contributed by atoms with van der Waals surface area (Å²) in [7, 11) is 3.71. The predicted molar refractivity (Wildman–Crippen MR) is 66.3 cm³/mol. The van der Waals surface area contributed by atoms with Crippen LogP contribution in [-0.2, 0) is 0 Å². The minimum absolute atomic E-state index is 0.261. The summed E-state index contributed by atoms with van der Waals surface area (Å²) in [6.45, 7) is 3.91. The number of hydrogen-bond donors (Lipinski definition) is 0. The molecule has 1 rings (SSSR count). The first-order valence-electron chi connectivity index (χ1n) is 5.24. The average molecular weight is 215 g/mol. The van der Waals surface area contributed by atoms with E-state index in [1.807, 2.05) is 52.2 Å². The highest BCUT2D eigenvalue weighted by Crippen LogP contribution is 2.20. The predicted octanol–water partition coefficient (Wildman–Crippen LogP) is 2.54. The van der Waals surface area contributed by atoms with Gasteiger partial charge in [0.15, 0.2) is 0 Å². The topological polar surface area (TPSA) is 39.4 Å². The lowest BCUT2D eigenvalue weighted by Crippen LogP contribution is -2.13. The van der Waals surface area contributed by atoms with E-state index in [4.69, 9.17) is 0 Å². The molecule has 0 saturated carbocycles. The highest BCUT2D eigenvalue weighted by Gasteiger charge is 2.16. The number of aryl methyl sites for hydroxylation is 1. The van der Waals surface area contributed by atoms with Crippen LogP contribution in [0.25, 0.3) is 0 Å². The highest BCUT2D eigenvalue weighted by atomic mass is 15.4. The van der Waals surface area contributed by atoms with E-state index >= 15 is 0 Å². The summed E-state index contributed by atoms with van der Waals surface area (Å²) in [5.74, 6) is -0.261. The Morgan fingerprint density at radius 2 is 2.00 bits per heavy atom. The number of hydrogen-bond acceptors (Lipinski definition) is 3. The summed E-state index contributed by atoms with van der Waals surface area (Å²) in [6.07, 6.45) is 0. The molecule has 1 unspecified atom stereocenters. The molecule has 0 N–H and O–H groups in total. The van der Waals surface area contributed by atoms with Crippen LogP contribution in [0.2, 0.25) is 0 Å². The maximum atomic E-state index is 9.24. The minimum atomic E-state index is -0.261. The molecule has 0 aliphatic heterocycles. The van der Waals surface area contributed by atoms with Crippen LogP contribution < -0.4 is 0 Å². The molecule has 0 aliphatic rings. The zero-order valence-corrected chi connectivity index (χ0v) is 10.2. The molecule has 0 aliphatic carbocycles. The van der Waals surface area contributed by atoms with E-state index in [9.17, 15) is 5.26 Å². The lowest BCUT2D eigenvalue weighted by Gasteiger charge is -2.14. The monoisotopic (exact) mass is 215 g/mol. The molecule has 0 heterocycles. The fraction of sp³-hybridized carbons (Fsp3) is 0.385. The Morgan fingerprint density at radius 1 is 1.38 bits per heavy atom. The average Bonchev–Trinajstić information content (AvgIpc) is 2.20. The van der Waals surface area contributed by atoms with Gasteiger partial charge in [-0.05, 0) is 25.0 Å². The van der Waals surface area contributed by atoms with Crippen LogP contribution >= 0.6 is 0 Å². The Labute approximate surface area is 97.0 Å². The molecule has 84 valence electrons. The molecular weight excluding hydrogens is 198 g/mol. The van der Waals surface area contributed by atoms with Crippen molar-refractivity contribution in [2.45, 2.75) is 19.8 Å². The lowest BCUT2D eigenvalue weighted by molar-refractivity contribution is 0.435. The first-order valence-corrected chi connectivity index (χ1v) is 5.24. The van der Waals surface area contributed by atoms with E-state index in [2.05, 4.69) is 11.2 Å². The van der Waals surface area contributed by atoms with Crippen LogP contribution in [0.1, 0.15) is 24.0 Å². The van der Waals surface area contributed by atoms with Crippen molar-refractivity contribution in [3.63, 3.8) is 0 Å². The SMILES string of the molecule is C/C(=N\N(C)C)C(C#N)c1ccccc1C. The molecule has 0 saturated heterocycles. The van der Waals surface area contributed by atoms with Gasteiger partial charge >= 0.3 is 0 Å². The second-order valence-electron chi connectivity index (χ2n) is 4.01. The first-order chi connectivity index (χ1) is 7.56. The van der Waals surface area contributed by atoms with Gasteiger partial charge in [0.25, 0.3) is 0 Å². The lowest BCUT2D eigenvalue weighted by atomic mass is 9.93. The van der Waals surface area contributed by atoms with Crippen molar-refractivity contribution in [3.05, 3.63) is 35.4 Å². The fourth-order valence-electron chi connectivity index (χ4n) is 1.67. The van der Waals surface area contributed by atoms with Gasteiger partial charge in [-0.15, -0.1) is 0 Å². The van der Waals surface area contributed by atoms with E-state index in [0.29, 0.717) is 0 Å². The molecule has 0 aromatic heterocycles. The standard InChI is InChI=1S/C13H17N3/c1-10-7-5-6-8-12(10)13(9-14)11(2)15-16(3)4/h5-8,13H,1-4H3/b15-11+. The van der Waals surface area contributed by atoms with Crippen LogP contribution in [-0.4, -0.2) is 24.8 Å². The molecule has 0 amide bonds. The fourth-order valence-corrected chi connectivity index (χ4v) is 1.67. The van der Waals surface area contributed by atoms with Gasteiger partial charge in [-0.25, -0.2) is 0 Å². The molecule has 0 bridgehead atoms. The van der Waals surface area contributed by atoms with Crippen molar-refractivity contribution < 1.29 is 0 Å². The largest absolute Gasteiger partial charge is 0.303 e. The number of rotatable bonds is 3. The maximum Gasteiger partial charge on any atom is 0.111 e. The van der Waals surface area contributed by atoms with E-state index in [-0.39, 0.29) is 5.92 Å². The number of benzene rings is 1. The summed E-state index contributed by atoms with van der Waals surface area (Å²) in [5, 5.41) is 15.3. The van der Waals surface area contributed by atoms with E-state index in [1.54, 1.807) is 5.01 Å². The molecule has 1 atom stereocenters. The van der Waals surface area contributed by atoms with Gasteiger partial charge in [0.05, 0.1) is 11.8 Å². The van der Waals surface area contributed by atoms with E-state index in [0.717, 1.165) is 16.8 Å². The zero-order valence-electron chi connectivity index (χ0n) is 10.2. The molecule has 1 aromatic rings. The van der Waals surface area contributed by atoms with Crippen LogP contribution in [0.5, 0.6) is 0 Å². The van der Waals surface area contributed by atoms with Crippen molar-refractivity contribution >= 4 is 5.71 Å². The van der Waals surface area contributed by atoms with E-state index in [1.165, 1.54) is 0 Å². The second-order valence-corrected chi connectivity index (χ2v) is 4.01. The molecule has 0 spiro atoms. The Morgan fingerprint density at radius 3 is 2.50 bits per heavy atom. The number of hydrazone groups is 1. The van der Waals surface area contributed by atoms with Crippen LogP contribution in [0.3, 0.4) is 0 Å². The van der Waals surface area contributed by atoms with Crippen molar-refractivity contribution in [2.75, 3.05) is 14.1 Å². The summed E-state index contributed by atoms with van der Waals surface area (Å²) in [6, 6.07) is 10.2. The van der Waals surface area contributed by atoms with Crippen molar-refractivity contribution in [1.29, 1.82) is 5.26 Å². The molecule has 0 fully saturated rings. The summed E-state index contributed by atoms with van der Waals surface area (Å²) in [4.78, 5) is 0. The third kappa shape index (κ3) is 2.83. The molecule has 3 heteroatoms. The summed E-state index contributed by atoms with van der Waals surface area (Å²) >= 11 is 0. The van der Waals surface area contributed by atoms with Crippen LogP contribution in [0.4, 0.5) is 0 Å². The van der Waals surface area contributed by atoms with Crippen molar-refractivity contribution in [2.24, 2.45) is 5.10 Å². The van der Waals surface area contributed by atoms with Gasteiger partial charge < -0.3 is 5.01 Å². The summed E-state index contributed by atoms with van der Waals surface area (Å²) < 4.78 is 0. The maximum absolute atomic E-state index is 9.24. The van der Waals surface area contributed by atoms with Crippen LogP contribution in [0.15, 0.2) is 29.4 Å². The Balaban J connectivity index is 3.10. The van der Waals surface area contributed by atoms with Gasteiger partial charge in [-0.2, -0.15) is 10.4 Å². The minimum Gasteiger partial charge on any atom is -0.303 e. The van der Waals surface area contributed by atoms with Gasteiger partial charge in [0.1, 0.15) is 5.92 Å². The van der Waals surface area contributed by atoms with Crippen LogP contribution in [0, 0.1) is 18.3 Å². The Hall–Kier alpha value is -1.82. The zero-order chi connectivity index (χ0) is 12.1. The molecule has 16 heavy (non-hydrogen) atoms. The number of nitrogens with zero attached hydrogens (tertiary/aromatic N) is 3.